The highest BCUT2D eigenvalue weighted by atomic mass is 79.9. The summed E-state index contributed by atoms with van der Waals surface area (Å²) in [6, 6.07) is 14.1. The van der Waals surface area contributed by atoms with E-state index in [2.05, 4.69) is 15.9 Å². The topological polar surface area (TPSA) is 37.4 Å². The number of hydrogen-bond acceptors (Lipinski definition) is 4. The summed E-state index contributed by atoms with van der Waals surface area (Å²) in [6.07, 6.45) is 1.71. The van der Waals surface area contributed by atoms with Crippen molar-refractivity contribution >= 4 is 73.7 Å². The first kappa shape index (κ1) is 17.4. The van der Waals surface area contributed by atoms with Gasteiger partial charge in [0.1, 0.15) is 0 Å². The Hall–Kier alpha value is -1.47. The van der Waals surface area contributed by atoms with Crippen molar-refractivity contribution in [3.63, 3.8) is 0 Å². The molecule has 3 nitrogen and oxygen atoms in total. The predicted octanol–water partition coefficient (Wildman–Crippen LogP) is 5.14. The number of amides is 2. The Kier molecular flexibility index (Phi) is 5.20. The maximum atomic E-state index is 12.6. The summed E-state index contributed by atoms with van der Waals surface area (Å²) in [5, 5.41) is 0.286. The SMILES string of the molecule is O=C1C(=Cc2ccc(Br)cc2)SC(=S)N1C(=O)c1ccccc1Cl. The first-order valence-electron chi connectivity index (χ1n) is 6.80. The monoisotopic (exact) mass is 437 g/mol. The van der Waals surface area contributed by atoms with Crippen LogP contribution in [0.1, 0.15) is 15.9 Å². The van der Waals surface area contributed by atoms with Crippen molar-refractivity contribution in [3.8, 4) is 0 Å². The Labute approximate surface area is 161 Å². The van der Waals surface area contributed by atoms with Gasteiger partial charge in [-0.3, -0.25) is 9.59 Å². The minimum absolute atomic E-state index is 0.202. The van der Waals surface area contributed by atoms with Gasteiger partial charge in [-0.1, -0.05) is 75.8 Å². The van der Waals surface area contributed by atoms with Crippen molar-refractivity contribution < 1.29 is 9.59 Å². The lowest BCUT2D eigenvalue weighted by Crippen LogP contribution is -2.34. The van der Waals surface area contributed by atoms with Crippen molar-refractivity contribution in [2.45, 2.75) is 0 Å². The molecule has 0 aromatic heterocycles. The number of thiocarbonyl (C=S) groups is 1. The number of thioether (sulfide) groups is 1. The number of hydrogen-bond donors (Lipinski definition) is 0. The van der Waals surface area contributed by atoms with Crippen LogP contribution in [0.2, 0.25) is 5.02 Å². The molecule has 0 N–H and O–H groups in total. The molecular weight excluding hydrogens is 430 g/mol. The van der Waals surface area contributed by atoms with Gasteiger partial charge in [0, 0.05) is 4.47 Å². The lowest BCUT2D eigenvalue weighted by molar-refractivity contribution is -0.120. The van der Waals surface area contributed by atoms with E-state index in [1.165, 1.54) is 0 Å². The summed E-state index contributed by atoms with van der Waals surface area (Å²) >= 11 is 15.7. The highest BCUT2D eigenvalue weighted by Crippen LogP contribution is 2.34. The summed E-state index contributed by atoms with van der Waals surface area (Å²) in [7, 11) is 0. The van der Waals surface area contributed by atoms with Crippen LogP contribution in [0.4, 0.5) is 0 Å². The lowest BCUT2D eigenvalue weighted by atomic mass is 10.2. The molecule has 2 aromatic carbocycles. The highest BCUT2D eigenvalue weighted by Gasteiger charge is 2.37. The lowest BCUT2D eigenvalue weighted by Gasteiger charge is -2.13. The fourth-order valence-electron chi connectivity index (χ4n) is 2.11. The Morgan fingerprint density at radius 1 is 1.17 bits per heavy atom. The van der Waals surface area contributed by atoms with Gasteiger partial charge in [-0.2, -0.15) is 0 Å². The average molecular weight is 439 g/mol. The molecule has 1 aliphatic heterocycles. The molecule has 1 fully saturated rings. The summed E-state index contributed by atoms with van der Waals surface area (Å²) in [4.78, 5) is 26.6. The Morgan fingerprint density at radius 3 is 2.50 bits per heavy atom. The largest absolute Gasteiger partial charge is 0.273 e. The van der Waals surface area contributed by atoms with E-state index in [9.17, 15) is 9.59 Å². The van der Waals surface area contributed by atoms with Crippen LogP contribution in [0.25, 0.3) is 6.08 Å². The second-order valence-electron chi connectivity index (χ2n) is 4.85. The van der Waals surface area contributed by atoms with Crippen molar-refractivity contribution in [1.82, 2.24) is 4.90 Å². The van der Waals surface area contributed by atoms with Crippen LogP contribution in [0.3, 0.4) is 0 Å². The van der Waals surface area contributed by atoms with Crippen LogP contribution < -0.4 is 0 Å². The van der Waals surface area contributed by atoms with Crippen LogP contribution in [0.5, 0.6) is 0 Å². The zero-order chi connectivity index (χ0) is 17.3. The Balaban J connectivity index is 1.91. The van der Waals surface area contributed by atoms with Gasteiger partial charge in [-0.25, -0.2) is 4.90 Å². The average Bonchev–Trinajstić information content (AvgIpc) is 2.83. The first-order valence-corrected chi connectivity index (χ1v) is 9.19. The van der Waals surface area contributed by atoms with Gasteiger partial charge >= 0.3 is 0 Å². The molecule has 7 heteroatoms. The maximum Gasteiger partial charge on any atom is 0.273 e. The third-order valence-corrected chi connectivity index (χ3v) is 5.43. The second kappa shape index (κ2) is 7.19. The van der Waals surface area contributed by atoms with E-state index in [-0.39, 0.29) is 14.9 Å². The molecule has 0 radical (unpaired) electrons. The number of imide groups is 1. The quantitative estimate of drug-likeness (QED) is 0.369. The molecule has 3 rings (SSSR count). The van der Waals surface area contributed by atoms with Gasteiger partial charge in [-0.05, 0) is 35.9 Å². The van der Waals surface area contributed by atoms with E-state index in [0.717, 1.165) is 26.7 Å². The normalized spacial score (nSPS) is 16.1. The van der Waals surface area contributed by atoms with Gasteiger partial charge in [0.05, 0.1) is 15.5 Å². The number of nitrogens with zero attached hydrogens (tertiary/aromatic N) is 1. The van der Waals surface area contributed by atoms with Gasteiger partial charge in [-0.15, -0.1) is 0 Å². The Morgan fingerprint density at radius 2 is 1.83 bits per heavy atom. The molecular formula is C17H9BrClNO2S2. The van der Waals surface area contributed by atoms with Crippen molar-refractivity contribution in [3.05, 3.63) is 74.1 Å². The molecule has 1 heterocycles. The smallest absolute Gasteiger partial charge is 0.268 e. The molecule has 0 aliphatic carbocycles. The molecule has 2 amide bonds. The molecule has 0 saturated carbocycles. The van der Waals surface area contributed by atoms with Crippen molar-refractivity contribution in [1.29, 1.82) is 0 Å². The molecule has 2 aromatic rings. The van der Waals surface area contributed by atoms with Crippen LogP contribution in [-0.2, 0) is 4.79 Å². The Bertz CT molecular complexity index is 880. The minimum atomic E-state index is -0.512. The summed E-state index contributed by atoms with van der Waals surface area (Å²) in [5.41, 5.74) is 1.10. The second-order valence-corrected chi connectivity index (χ2v) is 7.85. The van der Waals surface area contributed by atoms with E-state index in [4.69, 9.17) is 23.8 Å². The third-order valence-electron chi connectivity index (χ3n) is 3.27. The third kappa shape index (κ3) is 3.47. The highest BCUT2D eigenvalue weighted by molar-refractivity contribution is 9.10. The fraction of sp³-hybridized carbons (Fsp3) is 0. The van der Waals surface area contributed by atoms with Gasteiger partial charge in [0.15, 0.2) is 4.32 Å². The van der Waals surface area contributed by atoms with E-state index in [1.807, 2.05) is 24.3 Å². The maximum absolute atomic E-state index is 12.6. The molecule has 0 spiro atoms. The van der Waals surface area contributed by atoms with E-state index in [1.54, 1.807) is 30.3 Å². The van der Waals surface area contributed by atoms with E-state index in [0.29, 0.717) is 4.91 Å². The summed E-state index contributed by atoms with van der Waals surface area (Å²) in [5.74, 6) is -0.944. The molecule has 120 valence electrons. The minimum Gasteiger partial charge on any atom is -0.268 e. The van der Waals surface area contributed by atoms with Gasteiger partial charge in [0.2, 0.25) is 0 Å². The zero-order valence-corrected chi connectivity index (χ0v) is 16.0. The first-order chi connectivity index (χ1) is 11.5. The molecule has 0 atom stereocenters. The predicted molar refractivity (Wildman–Crippen MR) is 105 cm³/mol. The zero-order valence-electron chi connectivity index (χ0n) is 12.0. The molecule has 1 aliphatic rings. The van der Waals surface area contributed by atoms with Gasteiger partial charge in [0.25, 0.3) is 11.8 Å². The molecule has 24 heavy (non-hydrogen) atoms. The fourth-order valence-corrected chi connectivity index (χ4v) is 3.84. The van der Waals surface area contributed by atoms with Crippen molar-refractivity contribution in [2.75, 3.05) is 0 Å². The van der Waals surface area contributed by atoms with Crippen LogP contribution in [0.15, 0.2) is 57.9 Å². The number of halogens is 2. The van der Waals surface area contributed by atoms with Crippen LogP contribution >= 0.6 is 51.5 Å². The standard InChI is InChI=1S/C17H9BrClNO2S2/c18-11-7-5-10(6-8-11)9-14-16(22)20(17(23)24-14)15(21)12-3-1-2-4-13(12)19/h1-9H. The van der Waals surface area contributed by atoms with Crippen LogP contribution in [-0.4, -0.2) is 21.0 Å². The van der Waals surface area contributed by atoms with Gasteiger partial charge < -0.3 is 0 Å². The van der Waals surface area contributed by atoms with E-state index >= 15 is 0 Å². The summed E-state index contributed by atoms with van der Waals surface area (Å²) in [6.45, 7) is 0. The molecule has 0 bridgehead atoms. The molecule has 0 unspecified atom stereocenters. The number of rotatable bonds is 2. The number of carbonyl (C=O) groups is 2. The van der Waals surface area contributed by atoms with E-state index < -0.39 is 11.8 Å². The van der Waals surface area contributed by atoms with Crippen LogP contribution in [0, 0.1) is 0 Å². The summed E-state index contributed by atoms with van der Waals surface area (Å²) < 4.78 is 1.15. The molecule has 1 saturated heterocycles. The number of benzene rings is 2. The van der Waals surface area contributed by atoms with Crippen molar-refractivity contribution in [2.24, 2.45) is 0 Å². The number of carbonyl (C=O) groups excluding carboxylic acids is 2.